The Morgan fingerprint density at radius 2 is 1.56 bits per heavy atom. The van der Waals surface area contributed by atoms with Crippen LogP contribution in [0.1, 0.15) is 30.4 Å². The van der Waals surface area contributed by atoms with E-state index in [9.17, 15) is 14.3 Å². The van der Waals surface area contributed by atoms with E-state index in [1.807, 2.05) is 0 Å². The van der Waals surface area contributed by atoms with Gasteiger partial charge in [0, 0.05) is 51.4 Å². The van der Waals surface area contributed by atoms with E-state index in [0.29, 0.717) is 36.6 Å². The summed E-state index contributed by atoms with van der Waals surface area (Å²) in [6.07, 6.45) is 5.00. The highest BCUT2D eigenvalue weighted by Gasteiger charge is 2.22. The maximum absolute atomic E-state index is 13.0. The number of nitrogens with zero attached hydrogens (tertiary/aromatic N) is 3. The van der Waals surface area contributed by atoms with E-state index in [1.54, 1.807) is 12.1 Å². The average Bonchev–Trinajstić information content (AvgIpc) is 2.81. The van der Waals surface area contributed by atoms with Crippen molar-refractivity contribution in [2.24, 2.45) is 0 Å². The Bertz CT molecular complexity index is 920. The zero-order valence-corrected chi connectivity index (χ0v) is 18.5. The molecule has 0 amide bonds. The van der Waals surface area contributed by atoms with Crippen LogP contribution in [-0.2, 0) is 13.1 Å². The van der Waals surface area contributed by atoms with E-state index in [1.165, 1.54) is 37.7 Å². The van der Waals surface area contributed by atoms with Gasteiger partial charge < -0.3 is 14.3 Å². The molecule has 1 aromatic heterocycles. The molecule has 2 aliphatic rings. The average molecular weight is 446 g/mol. The zero-order valence-electron chi connectivity index (χ0n) is 18.5. The lowest BCUT2D eigenvalue weighted by Crippen LogP contribution is -2.47. The molecule has 2 fully saturated rings. The molecule has 8 heteroatoms. The molecule has 0 unspecified atom stereocenters. The number of piperazine rings is 1. The van der Waals surface area contributed by atoms with E-state index in [0.717, 1.165) is 45.8 Å². The second kappa shape index (κ2) is 10.9. The van der Waals surface area contributed by atoms with Crippen molar-refractivity contribution in [1.82, 2.24) is 14.7 Å². The van der Waals surface area contributed by atoms with Crippen LogP contribution in [0.5, 0.6) is 11.5 Å². The lowest BCUT2D eigenvalue weighted by atomic mass is 10.1. The van der Waals surface area contributed by atoms with Gasteiger partial charge in [0.1, 0.15) is 30.2 Å². The third-order valence-electron chi connectivity index (χ3n) is 6.32. The van der Waals surface area contributed by atoms with E-state index in [-0.39, 0.29) is 11.6 Å². The topological polar surface area (TPSA) is 69.4 Å². The van der Waals surface area contributed by atoms with E-state index >= 15 is 0 Å². The molecule has 2 aliphatic heterocycles. The first kappa shape index (κ1) is 22.8. The fourth-order valence-corrected chi connectivity index (χ4v) is 4.37. The smallest absolute Gasteiger partial charge is 0.343 e. The summed E-state index contributed by atoms with van der Waals surface area (Å²) in [5.74, 6) is 0.476. The molecule has 1 aromatic carbocycles. The molecule has 0 radical (unpaired) electrons. The Balaban J connectivity index is 1.25. The van der Waals surface area contributed by atoms with Crippen LogP contribution in [0.4, 0.5) is 4.39 Å². The van der Waals surface area contributed by atoms with Crippen LogP contribution in [0, 0.1) is 5.82 Å². The van der Waals surface area contributed by atoms with Crippen LogP contribution in [0.25, 0.3) is 0 Å². The van der Waals surface area contributed by atoms with Crippen molar-refractivity contribution >= 4 is 0 Å². The van der Waals surface area contributed by atoms with Crippen molar-refractivity contribution in [1.29, 1.82) is 0 Å². The SMILES string of the molecule is O=c1occ(CN2CCCCC2)c(O)c1CN1CCN(CCOc2ccc(F)cc2)CC1. The first-order chi connectivity index (χ1) is 15.6. The molecule has 0 spiro atoms. The number of halogens is 1. The summed E-state index contributed by atoms with van der Waals surface area (Å²) in [4.78, 5) is 19.1. The summed E-state index contributed by atoms with van der Waals surface area (Å²) in [5, 5.41) is 10.8. The lowest BCUT2D eigenvalue weighted by molar-refractivity contribution is 0.111. The van der Waals surface area contributed by atoms with Gasteiger partial charge in [-0.15, -0.1) is 0 Å². The molecule has 1 N–H and O–H groups in total. The summed E-state index contributed by atoms with van der Waals surface area (Å²) in [5.41, 5.74) is 0.589. The molecule has 0 atom stereocenters. The minimum atomic E-state index is -0.458. The third-order valence-corrected chi connectivity index (χ3v) is 6.32. The first-order valence-electron chi connectivity index (χ1n) is 11.5. The second-order valence-electron chi connectivity index (χ2n) is 8.63. The molecule has 3 heterocycles. The zero-order chi connectivity index (χ0) is 22.3. The van der Waals surface area contributed by atoms with E-state index < -0.39 is 5.63 Å². The Kier molecular flexibility index (Phi) is 7.78. The fourth-order valence-electron chi connectivity index (χ4n) is 4.37. The van der Waals surface area contributed by atoms with Gasteiger partial charge in [0.05, 0.1) is 5.56 Å². The van der Waals surface area contributed by atoms with Crippen molar-refractivity contribution in [3.05, 3.63) is 57.9 Å². The Hall–Kier alpha value is -2.42. The molecular weight excluding hydrogens is 413 g/mol. The standard InChI is InChI=1S/C24H32FN3O4/c25-20-4-6-21(7-5-20)31-15-14-26-10-12-28(13-11-26)17-22-23(29)19(18-32-24(22)30)16-27-8-2-1-3-9-27/h4-7,18,29H,1-3,8-17H2. The van der Waals surface area contributed by atoms with Gasteiger partial charge in [-0.2, -0.15) is 0 Å². The van der Waals surface area contributed by atoms with Crippen LogP contribution >= 0.6 is 0 Å². The molecule has 0 bridgehead atoms. The van der Waals surface area contributed by atoms with Crippen LogP contribution in [0.2, 0.25) is 0 Å². The molecule has 0 saturated carbocycles. The Morgan fingerprint density at radius 1 is 0.906 bits per heavy atom. The lowest BCUT2D eigenvalue weighted by Gasteiger charge is -2.34. The third kappa shape index (κ3) is 6.09. The van der Waals surface area contributed by atoms with Gasteiger partial charge in [-0.05, 0) is 50.2 Å². The van der Waals surface area contributed by atoms with Crippen molar-refractivity contribution in [3.8, 4) is 11.5 Å². The van der Waals surface area contributed by atoms with Gasteiger partial charge in [0.15, 0.2) is 0 Å². The number of piperidine rings is 1. The predicted molar refractivity (Wildman–Crippen MR) is 119 cm³/mol. The van der Waals surface area contributed by atoms with Crippen LogP contribution in [-0.4, -0.2) is 72.2 Å². The summed E-state index contributed by atoms with van der Waals surface area (Å²) >= 11 is 0. The molecule has 2 saturated heterocycles. The molecule has 2 aromatic rings. The Labute approximate surface area is 188 Å². The maximum atomic E-state index is 13.0. The number of benzene rings is 1. The molecule has 7 nitrogen and oxygen atoms in total. The molecule has 4 rings (SSSR count). The molecular formula is C24H32FN3O4. The fraction of sp³-hybridized carbons (Fsp3) is 0.542. The number of ether oxygens (including phenoxy) is 1. The minimum Gasteiger partial charge on any atom is -0.507 e. The number of rotatable bonds is 8. The van der Waals surface area contributed by atoms with E-state index in [4.69, 9.17) is 9.15 Å². The quantitative estimate of drug-likeness (QED) is 0.670. The molecule has 174 valence electrons. The second-order valence-corrected chi connectivity index (χ2v) is 8.63. The van der Waals surface area contributed by atoms with Gasteiger partial charge in [-0.1, -0.05) is 6.42 Å². The summed E-state index contributed by atoms with van der Waals surface area (Å²) in [6, 6.07) is 6.04. The Morgan fingerprint density at radius 3 is 2.28 bits per heavy atom. The van der Waals surface area contributed by atoms with Crippen LogP contribution in [0.15, 0.2) is 39.7 Å². The van der Waals surface area contributed by atoms with Gasteiger partial charge in [0.2, 0.25) is 0 Å². The number of likely N-dealkylation sites (tertiary alicyclic amines) is 1. The predicted octanol–water partition coefficient (Wildman–Crippen LogP) is 2.67. The van der Waals surface area contributed by atoms with Gasteiger partial charge in [-0.3, -0.25) is 14.7 Å². The highest BCUT2D eigenvalue weighted by atomic mass is 19.1. The summed E-state index contributed by atoms with van der Waals surface area (Å²) in [7, 11) is 0. The van der Waals surface area contributed by atoms with Crippen molar-refractivity contribution in [2.75, 3.05) is 52.4 Å². The van der Waals surface area contributed by atoms with Gasteiger partial charge >= 0.3 is 5.63 Å². The first-order valence-corrected chi connectivity index (χ1v) is 11.5. The van der Waals surface area contributed by atoms with Gasteiger partial charge in [0.25, 0.3) is 0 Å². The number of hydrogen-bond donors (Lipinski definition) is 1. The largest absolute Gasteiger partial charge is 0.507 e. The highest BCUT2D eigenvalue weighted by molar-refractivity contribution is 5.36. The van der Waals surface area contributed by atoms with Crippen LogP contribution in [0.3, 0.4) is 0 Å². The number of aromatic hydroxyl groups is 1. The van der Waals surface area contributed by atoms with Crippen molar-refractivity contribution < 1.29 is 18.7 Å². The van der Waals surface area contributed by atoms with Gasteiger partial charge in [-0.25, -0.2) is 9.18 Å². The molecule has 0 aliphatic carbocycles. The minimum absolute atomic E-state index is 0.0851. The normalized spacial score (nSPS) is 18.7. The monoisotopic (exact) mass is 445 g/mol. The maximum Gasteiger partial charge on any atom is 0.343 e. The van der Waals surface area contributed by atoms with Crippen LogP contribution < -0.4 is 10.4 Å². The molecule has 32 heavy (non-hydrogen) atoms. The highest BCUT2D eigenvalue weighted by Crippen LogP contribution is 2.24. The van der Waals surface area contributed by atoms with E-state index in [2.05, 4.69) is 14.7 Å². The summed E-state index contributed by atoms with van der Waals surface area (Å²) < 4.78 is 23.9. The summed E-state index contributed by atoms with van der Waals surface area (Å²) in [6.45, 7) is 7.66. The number of hydrogen-bond acceptors (Lipinski definition) is 7. The van der Waals surface area contributed by atoms with Crippen molar-refractivity contribution in [2.45, 2.75) is 32.4 Å². The van der Waals surface area contributed by atoms with Crippen molar-refractivity contribution in [3.63, 3.8) is 0 Å².